The zero-order valence-electron chi connectivity index (χ0n) is 12.5. The summed E-state index contributed by atoms with van der Waals surface area (Å²) in [5.74, 6) is -0.515. The molecule has 0 atom stereocenters. The molecule has 2 rings (SSSR count). The minimum Gasteiger partial charge on any atom is -0.475 e. The molecule has 2 aromatic heterocycles. The minimum absolute atomic E-state index is 0.0190. The van der Waals surface area contributed by atoms with Crippen molar-refractivity contribution in [1.82, 2.24) is 9.97 Å². The highest BCUT2D eigenvalue weighted by atomic mass is 19.4. The molecular formula is C14H13F3N4O3. The molecule has 7 nitrogen and oxygen atoms in total. The average molecular weight is 342 g/mol. The van der Waals surface area contributed by atoms with Crippen LogP contribution in [0.25, 0.3) is 0 Å². The van der Waals surface area contributed by atoms with Crippen LogP contribution >= 0.6 is 0 Å². The Bertz CT molecular complexity index is 737. The van der Waals surface area contributed by atoms with Gasteiger partial charge >= 0.3 is 11.9 Å². The second kappa shape index (κ2) is 7.11. The Hall–Kier alpha value is -2.91. The predicted molar refractivity (Wildman–Crippen MR) is 78.9 cm³/mol. The predicted octanol–water partition coefficient (Wildman–Crippen LogP) is 3.20. The molecule has 128 valence electrons. The van der Waals surface area contributed by atoms with E-state index in [1.807, 2.05) is 0 Å². The number of rotatable bonds is 6. The second-order valence-corrected chi connectivity index (χ2v) is 4.71. The van der Waals surface area contributed by atoms with Crippen LogP contribution in [-0.2, 0) is 6.18 Å². The van der Waals surface area contributed by atoms with Crippen LogP contribution in [0.1, 0.15) is 11.1 Å². The standard InChI is InChI=1S/C14H13F3N4O3/c1-9-4-6-18-12(11(9)21(22)23)19-7-8-24-13-10(14(15,16)17)3-2-5-20-13/h2-6H,7-8H2,1H3,(H,18,19). The van der Waals surface area contributed by atoms with E-state index in [2.05, 4.69) is 15.3 Å². The number of hydrogen-bond donors (Lipinski definition) is 1. The van der Waals surface area contributed by atoms with Gasteiger partial charge in [0.2, 0.25) is 11.7 Å². The Labute approximate surface area is 134 Å². The number of ether oxygens (including phenoxy) is 1. The number of pyridine rings is 2. The number of alkyl halides is 3. The van der Waals surface area contributed by atoms with Gasteiger partial charge in [0.25, 0.3) is 0 Å². The van der Waals surface area contributed by atoms with Crippen LogP contribution in [-0.4, -0.2) is 28.0 Å². The lowest BCUT2D eigenvalue weighted by Crippen LogP contribution is -2.16. The molecular weight excluding hydrogens is 329 g/mol. The number of hydrogen-bond acceptors (Lipinski definition) is 6. The van der Waals surface area contributed by atoms with Crippen molar-refractivity contribution in [1.29, 1.82) is 0 Å². The van der Waals surface area contributed by atoms with E-state index < -0.39 is 22.5 Å². The normalized spacial score (nSPS) is 11.2. The van der Waals surface area contributed by atoms with E-state index in [0.717, 1.165) is 12.1 Å². The summed E-state index contributed by atoms with van der Waals surface area (Å²) < 4.78 is 43.4. The van der Waals surface area contributed by atoms with Crippen molar-refractivity contribution in [3.8, 4) is 5.88 Å². The van der Waals surface area contributed by atoms with E-state index in [0.29, 0.717) is 5.56 Å². The van der Waals surface area contributed by atoms with E-state index in [1.54, 1.807) is 6.92 Å². The van der Waals surface area contributed by atoms with Crippen molar-refractivity contribution < 1.29 is 22.8 Å². The molecule has 0 aliphatic rings. The van der Waals surface area contributed by atoms with Gasteiger partial charge in [0.05, 0.1) is 11.5 Å². The monoisotopic (exact) mass is 342 g/mol. The van der Waals surface area contributed by atoms with Crippen LogP contribution < -0.4 is 10.1 Å². The number of anilines is 1. The second-order valence-electron chi connectivity index (χ2n) is 4.71. The van der Waals surface area contributed by atoms with Crippen molar-refractivity contribution in [3.05, 3.63) is 51.8 Å². The Morgan fingerprint density at radius 1 is 1.29 bits per heavy atom. The minimum atomic E-state index is -4.58. The molecule has 0 radical (unpaired) electrons. The third kappa shape index (κ3) is 4.09. The lowest BCUT2D eigenvalue weighted by molar-refractivity contribution is -0.384. The van der Waals surface area contributed by atoms with E-state index in [-0.39, 0.29) is 24.7 Å². The molecule has 0 spiro atoms. The van der Waals surface area contributed by atoms with Crippen molar-refractivity contribution >= 4 is 11.5 Å². The van der Waals surface area contributed by atoms with Crippen LogP contribution in [0.15, 0.2) is 30.6 Å². The highest BCUT2D eigenvalue weighted by Gasteiger charge is 2.35. The molecule has 0 aliphatic carbocycles. The summed E-state index contributed by atoms with van der Waals surface area (Å²) in [6.45, 7) is 1.41. The summed E-state index contributed by atoms with van der Waals surface area (Å²) in [6.07, 6.45) is -2.00. The first kappa shape index (κ1) is 17.4. The number of nitrogens with one attached hydrogen (secondary N) is 1. The first-order valence-electron chi connectivity index (χ1n) is 6.79. The van der Waals surface area contributed by atoms with E-state index in [4.69, 9.17) is 4.74 Å². The maximum Gasteiger partial charge on any atom is 0.421 e. The zero-order chi connectivity index (χ0) is 17.7. The highest BCUT2D eigenvalue weighted by molar-refractivity contribution is 5.59. The van der Waals surface area contributed by atoms with Crippen LogP contribution in [0.3, 0.4) is 0 Å². The van der Waals surface area contributed by atoms with Gasteiger partial charge in [-0.3, -0.25) is 10.1 Å². The van der Waals surface area contributed by atoms with E-state index in [9.17, 15) is 23.3 Å². The number of aryl methyl sites for hydroxylation is 1. The van der Waals surface area contributed by atoms with Crippen molar-refractivity contribution in [2.75, 3.05) is 18.5 Å². The summed E-state index contributed by atoms with van der Waals surface area (Å²) >= 11 is 0. The lowest BCUT2D eigenvalue weighted by Gasteiger charge is -2.13. The van der Waals surface area contributed by atoms with Crippen LogP contribution in [0, 0.1) is 17.0 Å². The van der Waals surface area contributed by atoms with Gasteiger partial charge in [-0.2, -0.15) is 13.2 Å². The third-order valence-electron chi connectivity index (χ3n) is 3.02. The Morgan fingerprint density at radius 3 is 2.71 bits per heavy atom. The molecule has 0 fully saturated rings. The number of aromatic nitrogens is 2. The van der Waals surface area contributed by atoms with E-state index in [1.165, 1.54) is 18.5 Å². The lowest BCUT2D eigenvalue weighted by atomic mass is 10.2. The maximum atomic E-state index is 12.8. The fourth-order valence-electron chi connectivity index (χ4n) is 1.95. The topological polar surface area (TPSA) is 90.2 Å². The van der Waals surface area contributed by atoms with Crippen molar-refractivity contribution in [2.24, 2.45) is 0 Å². The fourth-order valence-corrected chi connectivity index (χ4v) is 1.95. The Morgan fingerprint density at radius 2 is 2.04 bits per heavy atom. The molecule has 1 N–H and O–H groups in total. The molecule has 2 aromatic rings. The van der Waals surface area contributed by atoms with Gasteiger partial charge < -0.3 is 10.1 Å². The SMILES string of the molecule is Cc1ccnc(NCCOc2ncccc2C(F)(F)F)c1[N+](=O)[O-]. The third-order valence-corrected chi connectivity index (χ3v) is 3.02. The van der Waals surface area contributed by atoms with Crippen molar-refractivity contribution in [2.45, 2.75) is 13.1 Å². The van der Waals surface area contributed by atoms with Gasteiger partial charge in [-0.05, 0) is 25.1 Å². The Balaban J connectivity index is 2.00. The molecule has 0 saturated carbocycles. The number of nitro groups is 1. The molecule has 0 amide bonds. The molecule has 10 heteroatoms. The van der Waals surface area contributed by atoms with Crippen molar-refractivity contribution in [3.63, 3.8) is 0 Å². The van der Waals surface area contributed by atoms with Gasteiger partial charge in [-0.25, -0.2) is 9.97 Å². The summed E-state index contributed by atoms with van der Waals surface area (Å²) in [7, 11) is 0. The van der Waals surface area contributed by atoms with E-state index >= 15 is 0 Å². The molecule has 0 aliphatic heterocycles. The van der Waals surface area contributed by atoms with Gasteiger partial charge in [-0.15, -0.1) is 0 Å². The fraction of sp³-hybridized carbons (Fsp3) is 0.286. The summed E-state index contributed by atoms with van der Waals surface area (Å²) in [5.41, 5.74) is -0.751. The zero-order valence-corrected chi connectivity index (χ0v) is 12.5. The number of halogens is 3. The highest BCUT2D eigenvalue weighted by Crippen LogP contribution is 2.34. The largest absolute Gasteiger partial charge is 0.475 e. The molecule has 0 saturated heterocycles. The van der Waals surface area contributed by atoms with Crippen LogP contribution in [0.5, 0.6) is 5.88 Å². The van der Waals surface area contributed by atoms with Gasteiger partial charge in [0, 0.05) is 18.0 Å². The summed E-state index contributed by atoms with van der Waals surface area (Å²) in [6, 6.07) is 3.51. The Kier molecular flexibility index (Phi) is 5.17. The first-order valence-corrected chi connectivity index (χ1v) is 6.79. The maximum absolute atomic E-state index is 12.8. The molecule has 0 aromatic carbocycles. The van der Waals surface area contributed by atoms with Crippen LogP contribution in [0.2, 0.25) is 0 Å². The molecule has 0 unspecified atom stereocenters. The smallest absolute Gasteiger partial charge is 0.421 e. The van der Waals surface area contributed by atoms with Gasteiger partial charge in [0.15, 0.2) is 0 Å². The molecule has 0 bridgehead atoms. The number of nitrogens with zero attached hydrogens (tertiary/aromatic N) is 3. The molecule has 24 heavy (non-hydrogen) atoms. The first-order chi connectivity index (χ1) is 11.3. The van der Waals surface area contributed by atoms with Gasteiger partial charge in [0.1, 0.15) is 12.2 Å². The summed E-state index contributed by atoms with van der Waals surface area (Å²) in [4.78, 5) is 17.8. The average Bonchev–Trinajstić information content (AvgIpc) is 2.50. The van der Waals surface area contributed by atoms with Gasteiger partial charge in [-0.1, -0.05) is 0 Å². The van der Waals surface area contributed by atoms with Crippen LogP contribution in [0.4, 0.5) is 24.7 Å². The molecule has 2 heterocycles. The quantitative estimate of drug-likeness (QED) is 0.492. The summed E-state index contributed by atoms with van der Waals surface area (Å²) in [5, 5.41) is 13.7.